The van der Waals surface area contributed by atoms with Gasteiger partial charge in [0, 0.05) is 5.56 Å². The lowest BCUT2D eigenvalue weighted by Gasteiger charge is -2.18. The Morgan fingerprint density at radius 1 is 1.38 bits per heavy atom. The standard InChI is InChI=1S/C12H16N2O2/c1-14-7-6-11(15)12(16)10-5-3-2-4-9(10)8-13/h2-5,11-12,14-16H,6-7H2,1H3. The molecule has 0 fully saturated rings. The maximum atomic E-state index is 9.90. The molecule has 1 rings (SSSR count). The minimum absolute atomic E-state index is 0.401. The van der Waals surface area contributed by atoms with Crippen molar-refractivity contribution in [3.05, 3.63) is 35.4 Å². The van der Waals surface area contributed by atoms with E-state index in [-0.39, 0.29) is 0 Å². The van der Waals surface area contributed by atoms with Gasteiger partial charge in [0.2, 0.25) is 0 Å². The summed E-state index contributed by atoms with van der Waals surface area (Å²) in [6.45, 7) is 0.618. The van der Waals surface area contributed by atoms with E-state index in [4.69, 9.17) is 5.26 Å². The smallest absolute Gasteiger partial charge is 0.106 e. The number of benzene rings is 1. The summed E-state index contributed by atoms with van der Waals surface area (Å²) in [5, 5.41) is 31.4. The van der Waals surface area contributed by atoms with Crippen molar-refractivity contribution in [1.29, 1.82) is 5.26 Å². The fourth-order valence-corrected chi connectivity index (χ4v) is 1.51. The molecule has 0 bridgehead atoms. The molecule has 0 heterocycles. The molecule has 0 radical (unpaired) electrons. The number of nitriles is 1. The lowest BCUT2D eigenvalue weighted by Crippen LogP contribution is -2.23. The van der Waals surface area contributed by atoms with Crippen LogP contribution in [-0.4, -0.2) is 29.9 Å². The third-order valence-electron chi connectivity index (χ3n) is 2.45. The van der Waals surface area contributed by atoms with Gasteiger partial charge in [-0.25, -0.2) is 0 Å². The van der Waals surface area contributed by atoms with Crippen LogP contribution in [0, 0.1) is 11.3 Å². The largest absolute Gasteiger partial charge is 0.390 e. The van der Waals surface area contributed by atoms with Crippen LogP contribution >= 0.6 is 0 Å². The van der Waals surface area contributed by atoms with E-state index in [2.05, 4.69) is 5.32 Å². The van der Waals surface area contributed by atoms with Crippen LogP contribution in [0.25, 0.3) is 0 Å². The predicted octanol–water partition coefficient (Wildman–Crippen LogP) is 0.562. The normalized spacial score (nSPS) is 14.1. The van der Waals surface area contributed by atoms with Crippen molar-refractivity contribution in [2.75, 3.05) is 13.6 Å². The quantitative estimate of drug-likeness (QED) is 0.677. The van der Waals surface area contributed by atoms with E-state index in [0.717, 1.165) is 0 Å². The molecule has 0 aliphatic carbocycles. The van der Waals surface area contributed by atoms with Gasteiger partial charge in [-0.15, -0.1) is 0 Å². The molecule has 0 saturated carbocycles. The topological polar surface area (TPSA) is 76.3 Å². The van der Waals surface area contributed by atoms with Crippen molar-refractivity contribution in [3.8, 4) is 6.07 Å². The molecular formula is C12H16N2O2. The molecule has 1 aromatic carbocycles. The van der Waals surface area contributed by atoms with Crippen molar-refractivity contribution in [3.63, 3.8) is 0 Å². The summed E-state index contributed by atoms with van der Waals surface area (Å²) in [5.41, 5.74) is 0.882. The fraction of sp³-hybridized carbons (Fsp3) is 0.417. The number of aliphatic hydroxyl groups excluding tert-OH is 2. The second-order valence-corrected chi connectivity index (χ2v) is 3.60. The molecule has 0 aliphatic heterocycles. The van der Waals surface area contributed by atoms with Crippen molar-refractivity contribution >= 4 is 0 Å². The van der Waals surface area contributed by atoms with E-state index in [1.165, 1.54) is 0 Å². The summed E-state index contributed by atoms with van der Waals surface area (Å²) in [4.78, 5) is 0. The van der Waals surface area contributed by atoms with Crippen molar-refractivity contribution in [2.45, 2.75) is 18.6 Å². The molecule has 16 heavy (non-hydrogen) atoms. The predicted molar refractivity (Wildman–Crippen MR) is 60.7 cm³/mol. The maximum Gasteiger partial charge on any atom is 0.106 e. The Labute approximate surface area is 95.2 Å². The van der Waals surface area contributed by atoms with Crippen LogP contribution in [0.5, 0.6) is 0 Å². The Bertz CT molecular complexity index is 374. The Kier molecular flexibility index (Phi) is 4.93. The Balaban J connectivity index is 2.79. The third kappa shape index (κ3) is 3.04. The van der Waals surface area contributed by atoms with Crippen LogP contribution in [0.3, 0.4) is 0 Å². The monoisotopic (exact) mass is 220 g/mol. The van der Waals surface area contributed by atoms with Crippen molar-refractivity contribution in [1.82, 2.24) is 5.32 Å². The maximum absolute atomic E-state index is 9.90. The van der Waals surface area contributed by atoms with E-state index in [1.54, 1.807) is 31.3 Å². The molecule has 4 nitrogen and oxygen atoms in total. The van der Waals surface area contributed by atoms with Gasteiger partial charge in [0.15, 0.2) is 0 Å². The first-order valence-corrected chi connectivity index (χ1v) is 5.20. The summed E-state index contributed by atoms with van der Waals surface area (Å²) in [6.07, 6.45) is -1.43. The molecule has 0 spiro atoms. The average Bonchev–Trinajstić information content (AvgIpc) is 2.34. The first-order valence-electron chi connectivity index (χ1n) is 5.20. The van der Waals surface area contributed by atoms with Gasteiger partial charge < -0.3 is 15.5 Å². The summed E-state index contributed by atoms with van der Waals surface area (Å²) in [5.74, 6) is 0. The third-order valence-corrected chi connectivity index (χ3v) is 2.45. The molecule has 4 heteroatoms. The van der Waals surface area contributed by atoms with Gasteiger partial charge in [-0.3, -0.25) is 0 Å². The van der Waals surface area contributed by atoms with Crippen molar-refractivity contribution < 1.29 is 10.2 Å². The number of aliphatic hydroxyl groups is 2. The Morgan fingerprint density at radius 3 is 2.69 bits per heavy atom. The summed E-state index contributed by atoms with van der Waals surface area (Å²) in [7, 11) is 1.78. The molecule has 0 saturated heterocycles. The van der Waals surface area contributed by atoms with Gasteiger partial charge >= 0.3 is 0 Å². The van der Waals surface area contributed by atoms with Crippen LogP contribution in [-0.2, 0) is 0 Å². The zero-order chi connectivity index (χ0) is 12.0. The molecule has 0 amide bonds. The van der Waals surface area contributed by atoms with Gasteiger partial charge in [-0.1, -0.05) is 18.2 Å². The molecule has 3 N–H and O–H groups in total. The number of nitrogens with zero attached hydrogens (tertiary/aromatic N) is 1. The van der Waals surface area contributed by atoms with E-state index in [1.807, 2.05) is 6.07 Å². The number of rotatable bonds is 5. The Morgan fingerprint density at radius 2 is 2.06 bits per heavy atom. The van der Waals surface area contributed by atoms with Gasteiger partial charge in [0.05, 0.1) is 17.7 Å². The number of hydrogen-bond donors (Lipinski definition) is 3. The summed E-state index contributed by atoms with van der Waals surface area (Å²) >= 11 is 0. The zero-order valence-electron chi connectivity index (χ0n) is 9.22. The SMILES string of the molecule is CNCCC(O)C(O)c1ccccc1C#N. The lowest BCUT2D eigenvalue weighted by molar-refractivity contribution is 0.0139. The van der Waals surface area contributed by atoms with Gasteiger partial charge in [-0.05, 0) is 26.1 Å². The molecule has 2 atom stereocenters. The van der Waals surface area contributed by atoms with Crippen LogP contribution in [0.4, 0.5) is 0 Å². The molecule has 0 aromatic heterocycles. The van der Waals surface area contributed by atoms with E-state index >= 15 is 0 Å². The zero-order valence-corrected chi connectivity index (χ0v) is 9.22. The molecule has 0 aliphatic rings. The first kappa shape index (κ1) is 12.7. The van der Waals surface area contributed by atoms with Gasteiger partial charge in [0.25, 0.3) is 0 Å². The van der Waals surface area contributed by atoms with Crippen LogP contribution < -0.4 is 5.32 Å². The minimum Gasteiger partial charge on any atom is -0.390 e. The molecular weight excluding hydrogens is 204 g/mol. The van der Waals surface area contributed by atoms with Gasteiger partial charge in [-0.2, -0.15) is 5.26 Å². The van der Waals surface area contributed by atoms with Crippen LogP contribution in [0.2, 0.25) is 0 Å². The highest BCUT2D eigenvalue weighted by Gasteiger charge is 2.20. The second kappa shape index (κ2) is 6.23. The van der Waals surface area contributed by atoms with Crippen LogP contribution in [0.1, 0.15) is 23.7 Å². The highest BCUT2D eigenvalue weighted by Crippen LogP contribution is 2.21. The molecule has 1 aromatic rings. The Hall–Kier alpha value is -1.41. The highest BCUT2D eigenvalue weighted by molar-refractivity contribution is 5.39. The summed E-state index contributed by atoms with van der Waals surface area (Å²) in [6, 6.07) is 8.76. The highest BCUT2D eigenvalue weighted by atomic mass is 16.3. The van der Waals surface area contributed by atoms with Gasteiger partial charge in [0.1, 0.15) is 6.10 Å². The summed E-state index contributed by atoms with van der Waals surface area (Å²) < 4.78 is 0. The molecule has 2 unspecified atom stereocenters. The first-order chi connectivity index (χ1) is 7.70. The number of nitrogens with one attached hydrogen (secondary N) is 1. The second-order valence-electron chi connectivity index (χ2n) is 3.60. The molecule has 86 valence electrons. The van der Waals surface area contributed by atoms with Crippen LogP contribution in [0.15, 0.2) is 24.3 Å². The minimum atomic E-state index is -1.01. The van der Waals surface area contributed by atoms with Crippen molar-refractivity contribution in [2.24, 2.45) is 0 Å². The number of hydrogen-bond acceptors (Lipinski definition) is 4. The fourth-order valence-electron chi connectivity index (χ4n) is 1.51. The van der Waals surface area contributed by atoms with E-state index in [0.29, 0.717) is 24.1 Å². The van der Waals surface area contributed by atoms with E-state index < -0.39 is 12.2 Å². The average molecular weight is 220 g/mol. The lowest BCUT2D eigenvalue weighted by atomic mass is 9.98. The van der Waals surface area contributed by atoms with E-state index in [9.17, 15) is 10.2 Å².